The third kappa shape index (κ3) is 2.68. The molecule has 0 aliphatic rings. The summed E-state index contributed by atoms with van der Waals surface area (Å²) < 4.78 is 0. The molecule has 0 amide bonds. The van der Waals surface area contributed by atoms with Crippen molar-refractivity contribution in [1.29, 1.82) is 0 Å². The fraction of sp³-hybridized carbons (Fsp3) is 0.333. The highest BCUT2D eigenvalue weighted by Gasteiger charge is 2.27. The van der Waals surface area contributed by atoms with Crippen LogP contribution in [0.1, 0.15) is 42.5 Å². The summed E-state index contributed by atoms with van der Waals surface area (Å²) in [5.74, 6) is 0.314. The summed E-state index contributed by atoms with van der Waals surface area (Å²) in [5, 5.41) is 12.8. The lowest BCUT2D eigenvalue weighted by molar-refractivity contribution is 0.469. The molecule has 0 fully saturated rings. The molecule has 1 N–H and O–H groups in total. The molecule has 0 aromatic heterocycles. The van der Waals surface area contributed by atoms with Gasteiger partial charge in [0.25, 0.3) is 0 Å². The molecule has 0 heterocycles. The van der Waals surface area contributed by atoms with Crippen LogP contribution in [0.25, 0.3) is 0 Å². The fourth-order valence-corrected chi connectivity index (χ4v) is 2.67. The second-order valence-electron chi connectivity index (χ2n) is 5.78. The third-order valence-corrected chi connectivity index (χ3v) is 4.47. The van der Waals surface area contributed by atoms with Gasteiger partial charge in [-0.25, -0.2) is 0 Å². The predicted octanol–water partition coefficient (Wildman–Crippen LogP) is 5.12. The minimum Gasteiger partial charge on any atom is -0.508 e. The molecule has 2 aromatic carbocycles. The van der Waals surface area contributed by atoms with Gasteiger partial charge in [-0.15, -0.1) is 4.91 Å². The van der Waals surface area contributed by atoms with E-state index in [4.69, 9.17) is 0 Å². The maximum Gasteiger partial charge on any atom is 0.118 e. The van der Waals surface area contributed by atoms with Crippen LogP contribution in [0.15, 0.2) is 41.6 Å². The van der Waals surface area contributed by atoms with Crippen LogP contribution in [0.2, 0.25) is 0 Å². The number of hydrogen-bond acceptors (Lipinski definition) is 3. The van der Waals surface area contributed by atoms with Crippen molar-refractivity contribution in [3.63, 3.8) is 0 Å². The fourth-order valence-electron chi connectivity index (χ4n) is 2.67. The Morgan fingerprint density at radius 3 is 2.10 bits per heavy atom. The molecular weight excluding hydrogens is 262 g/mol. The largest absolute Gasteiger partial charge is 0.508 e. The van der Waals surface area contributed by atoms with Gasteiger partial charge in [-0.1, -0.05) is 38.1 Å². The Morgan fingerprint density at radius 2 is 1.62 bits per heavy atom. The van der Waals surface area contributed by atoms with Crippen molar-refractivity contribution < 1.29 is 5.11 Å². The Bertz CT molecular complexity index is 679. The van der Waals surface area contributed by atoms with E-state index in [-0.39, 0.29) is 5.41 Å². The van der Waals surface area contributed by atoms with Crippen LogP contribution < -0.4 is 0 Å². The second kappa shape index (κ2) is 5.68. The van der Waals surface area contributed by atoms with Crippen molar-refractivity contribution in [2.45, 2.75) is 39.5 Å². The van der Waals surface area contributed by atoms with E-state index < -0.39 is 0 Å². The Kier molecular flexibility index (Phi) is 4.12. The average molecular weight is 283 g/mol. The number of nitroso groups, excluding NO2 is 1. The van der Waals surface area contributed by atoms with Gasteiger partial charge in [0, 0.05) is 5.41 Å². The van der Waals surface area contributed by atoms with E-state index in [2.05, 4.69) is 19.0 Å². The second-order valence-corrected chi connectivity index (χ2v) is 5.78. The van der Waals surface area contributed by atoms with Gasteiger partial charge in [0.15, 0.2) is 0 Å². The summed E-state index contributed by atoms with van der Waals surface area (Å²) in [5.41, 5.74) is 4.39. The summed E-state index contributed by atoms with van der Waals surface area (Å²) in [6.07, 6.45) is 0.921. The molecule has 3 nitrogen and oxygen atoms in total. The number of phenols is 1. The van der Waals surface area contributed by atoms with E-state index in [0.29, 0.717) is 11.4 Å². The summed E-state index contributed by atoms with van der Waals surface area (Å²) >= 11 is 0. The molecule has 0 bridgehead atoms. The average Bonchev–Trinajstić information content (AvgIpc) is 2.49. The first-order valence-electron chi connectivity index (χ1n) is 7.17. The molecule has 2 aromatic rings. The smallest absolute Gasteiger partial charge is 0.118 e. The number of aryl methyl sites for hydroxylation is 2. The maximum atomic E-state index is 10.7. The van der Waals surface area contributed by atoms with Gasteiger partial charge in [0.05, 0.1) is 0 Å². The number of aromatic hydroxyl groups is 1. The lowest BCUT2D eigenvalue weighted by Crippen LogP contribution is -2.22. The Balaban J connectivity index is 2.57. The molecule has 0 spiro atoms. The van der Waals surface area contributed by atoms with Crippen molar-refractivity contribution in [2.24, 2.45) is 5.18 Å². The third-order valence-electron chi connectivity index (χ3n) is 4.47. The number of benzene rings is 2. The molecule has 0 radical (unpaired) electrons. The first kappa shape index (κ1) is 15.2. The van der Waals surface area contributed by atoms with Crippen molar-refractivity contribution in [1.82, 2.24) is 0 Å². The van der Waals surface area contributed by atoms with Crippen LogP contribution in [0.5, 0.6) is 5.75 Å². The molecule has 0 saturated heterocycles. The maximum absolute atomic E-state index is 10.7. The SMILES string of the molecule is CCC(C)(c1ccc(O)c(C)c1)c1ccc(N=O)c(C)c1. The Labute approximate surface area is 125 Å². The van der Waals surface area contributed by atoms with E-state index in [0.717, 1.165) is 28.7 Å². The van der Waals surface area contributed by atoms with Crippen LogP contribution in [0.3, 0.4) is 0 Å². The van der Waals surface area contributed by atoms with Gasteiger partial charge in [-0.2, -0.15) is 0 Å². The topological polar surface area (TPSA) is 49.7 Å². The van der Waals surface area contributed by atoms with Crippen LogP contribution in [-0.2, 0) is 5.41 Å². The van der Waals surface area contributed by atoms with Gasteiger partial charge in [-0.3, -0.25) is 0 Å². The summed E-state index contributed by atoms with van der Waals surface area (Å²) in [6, 6.07) is 11.5. The predicted molar refractivity (Wildman–Crippen MR) is 86.2 cm³/mol. The molecule has 21 heavy (non-hydrogen) atoms. The number of rotatable bonds is 4. The van der Waals surface area contributed by atoms with E-state index in [1.165, 1.54) is 0 Å². The monoisotopic (exact) mass is 283 g/mol. The van der Waals surface area contributed by atoms with Gasteiger partial charge in [-0.05, 0) is 59.8 Å². The highest BCUT2D eigenvalue weighted by molar-refractivity contribution is 5.51. The van der Waals surface area contributed by atoms with E-state index >= 15 is 0 Å². The zero-order chi connectivity index (χ0) is 15.6. The molecule has 0 saturated carbocycles. The standard InChI is InChI=1S/C18H21NO2/c1-5-18(4,15-7-9-17(20)13(3)11-15)14-6-8-16(19-21)12(2)10-14/h6-11,20H,5H2,1-4H3. The lowest BCUT2D eigenvalue weighted by Gasteiger charge is -2.30. The first-order valence-corrected chi connectivity index (χ1v) is 7.17. The zero-order valence-electron chi connectivity index (χ0n) is 13.0. The van der Waals surface area contributed by atoms with Crippen molar-refractivity contribution in [3.8, 4) is 5.75 Å². The Hall–Kier alpha value is -2.16. The zero-order valence-corrected chi connectivity index (χ0v) is 13.0. The quantitative estimate of drug-likeness (QED) is 0.791. The minimum atomic E-state index is -0.162. The van der Waals surface area contributed by atoms with Crippen LogP contribution in [-0.4, -0.2) is 5.11 Å². The van der Waals surface area contributed by atoms with Crippen molar-refractivity contribution in [3.05, 3.63) is 63.6 Å². The molecular formula is C18H21NO2. The first-order chi connectivity index (χ1) is 9.92. The molecule has 3 heteroatoms. The lowest BCUT2D eigenvalue weighted by atomic mass is 9.73. The van der Waals surface area contributed by atoms with Crippen LogP contribution in [0, 0.1) is 18.8 Å². The highest BCUT2D eigenvalue weighted by Crippen LogP contribution is 2.38. The van der Waals surface area contributed by atoms with E-state index in [9.17, 15) is 10.0 Å². The van der Waals surface area contributed by atoms with Gasteiger partial charge in [0.1, 0.15) is 11.4 Å². The highest BCUT2D eigenvalue weighted by atomic mass is 16.3. The molecule has 0 aliphatic carbocycles. The molecule has 110 valence electrons. The van der Waals surface area contributed by atoms with Crippen molar-refractivity contribution >= 4 is 5.69 Å². The molecule has 2 rings (SSSR count). The van der Waals surface area contributed by atoms with E-state index in [1.54, 1.807) is 12.1 Å². The summed E-state index contributed by atoms with van der Waals surface area (Å²) in [7, 11) is 0. The summed E-state index contributed by atoms with van der Waals surface area (Å²) in [6.45, 7) is 8.13. The van der Waals surface area contributed by atoms with Gasteiger partial charge in [0.2, 0.25) is 0 Å². The van der Waals surface area contributed by atoms with Crippen LogP contribution in [0.4, 0.5) is 5.69 Å². The summed E-state index contributed by atoms with van der Waals surface area (Å²) in [4.78, 5) is 10.7. The number of hydrogen-bond donors (Lipinski definition) is 1. The molecule has 1 unspecified atom stereocenters. The van der Waals surface area contributed by atoms with Crippen LogP contribution >= 0.6 is 0 Å². The molecule has 0 aliphatic heterocycles. The molecule has 1 atom stereocenters. The van der Waals surface area contributed by atoms with Gasteiger partial charge < -0.3 is 5.11 Å². The number of nitrogens with zero attached hydrogens (tertiary/aromatic N) is 1. The van der Waals surface area contributed by atoms with E-state index in [1.807, 2.05) is 38.1 Å². The Morgan fingerprint density at radius 1 is 1.05 bits per heavy atom. The minimum absolute atomic E-state index is 0.162. The number of phenolic OH excluding ortho intramolecular Hbond substituents is 1. The van der Waals surface area contributed by atoms with Gasteiger partial charge >= 0.3 is 0 Å². The normalized spacial score (nSPS) is 13.7. The van der Waals surface area contributed by atoms with Crippen molar-refractivity contribution in [2.75, 3.05) is 0 Å².